The van der Waals surface area contributed by atoms with Crippen LogP contribution in [0.25, 0.3) is 0 Å². The summed E-state index contributed by atoms with van der Waals surface area (Å²) in [5.41, 5.74) is 0.391. The average molecular weight is 167 g/mol. The van der Waals surface area contributed by atoms with Crippen LogP contribution in [0, 0.1) is 0 Å². The number of nitrogens with zero attached hydrogens (tertiary/aromatic N) is 1. The van der Waals surface area contributed by atoms with Crippen molar-refractivity contribution in [2.45, 2.75) is 0 Å². The molecule has 0 saturated heterocycles. The molecule has 0 bridgehead atoms. The van der Waals surface area contributed by atoms with Crippen molar-refractivity contribution in [2.75, 3.05) is 19.0 Å². The van der Waals surface area contributed by atoms with Crippen LogP contribution in [0.5, 0.6) is 0 Å². The Morgan fingerprint density at radius 1 is 1.33 bits per heavy atom. The summed E-state index contributed by atoms with van der Waals surface area (Å²) in [6.07, 6.45) is 1.23. The van der Waals surface area contributed by atoms with Gasteiger partial charge in [0.15, 0.2) is 18.3 Å². The predicted molar refractivity (Wildman–Crippen MR) is 43.8 cm³/mol. The Bertz CT molecular complexity index is 301. The van der Waals surface area contributed by atoms with Gasteiger partial charge in [-0.15, -0.1) is 0 Å². The molecule has 0 unspecified atom stereocenters. The van der Waals surface area contributed by atoms with Gasteiger partial charge in [-0.05, 0) is 0 Å². The van der Waals surface area contributed by atoms with E-state index in [4.69, 9.17) is 4.42 Å². The summed E-state index contributed by atoms with van der Waals surface area (Å²) in [5.74, 6) is 0.577. The van der Waals surface area contributed by atoms with Gasteiger partial charge in [-0.1, -0.05) is 0 Å². The summed E-state index contributed by atoms with van der Waals surface area (Å²) >= 11 is 0. The van der Waals surface area contributed by atoms with Crippen molar-refractivity contribution in [3.05, 3.63) is 17.4 Å². The molecule has 0 saturated carbocycles. The highest BCUT2D eigenvalue weighted by Gasteiger charge is 2.10. The van der Waals surface area contributed by atoms with Crippen LogP contribution in [0.4, 0.5) is 5.88 Å². The van der Waals surface area contributed by atoms with E-state index in [1.54, 1.807) is 19.0 Å². The first-order valence-electron chi connectivity index (χ1n) is 3.40. The Balaban J connectivity index is 3.16. The Labute approximate surface area is 69.8 Å². The Kier molecular flexibility index (Phi) is 2.28. The molecule has 4 heteroatoms. The first kappa shape index (κ1) is 8.52. The molecule has 1 heterocycles. The quantitative estimate of drug-likeness (QED) is 0.629. The second-order valence-corrected chi connectivity index (χ2v) is 2.54. The average Bonchev–Trinajstić information content (AvgIpc) is 2.47. The minimum atomic E-state index is 0.167. The number of rotatable bonds is 3. The molecular formula is C8H9NO3. The van der Waals surface area contributed by atoms with Gasteiger partial charge in [-0.2, -0.15) is 0 Å². The third kappa shape index (κ3) is 1.37. The van der Waals surface area contributed by atoms with E-state index in [2.05, 4.69) is 0 Å². The van der Waals surface area contributed by atoms with E-state index in [-0.39, 0.29) is 5.76 Å². The van der Waals surface area contributed by atoms with E-state index in [9.17, 15) is 9.59 Å². The minimum absolute atomic E-state index is 0.167. The lowest BCUT2D eigenvalue weighted by Gasteiger charge is -2.07. The molecule has 0 atom stereocenters. The maximum absolute atomic E-state index is 10.5. The van der Waals surface area contributed by atoms with Crippen molar-refractivity contribution in [3.63, 3.8) is 0 Å². The summed E-state index contributed by atoms with van der Waals surface area (Å²) in [6, 6.07) is 1.41. The third-order valence-electron chi connectivity index (χ3n) is 1.41. The molecule has 0 N–H and O–H groups in total. The fourth-order valence-corrected chi connectivity index (χ4v) is 0.907. The third-order valence-corrected chi connectivity index (χ3v) is 1.41. The lowest BCUT2D eigenvalue weighted by atomic mass is 10.3. The standard InChI is InChI=1S/C8H9NO3/c1-9(2)8-6(4-10)3-7(5-11)12-8/h3-5H,1-2H3. The smallest absolute Gasteiger partial charge is 0.206 e. The SMILES string of the molecule is CN(C)c1oc(C=O)cc1C=O. The van der Waals surface area contributed by atoms with Gasteiger partial charge in [0, 0.05) is 20.2 Å². The molecule has 1 aromatic rings. The van der Waals surface area contributed by atoms with Gasteiger partial charge in [0.05, 0.1) is 5.56 Å². The first-order valence-corrected chi connectivity index (χ1v) is 3.40. The second-order valence-electron chi connectivity index (χ2n) is 2.54. The first-order chi connectivity index (χ1) is 5.69. The maximum Gasteiger partial charge on any atom is 0.206 e. The van der Waals surface area contributed by atoms with Gasteiger partial charge in [-0.3, -0.25) is 9.59 Å². The number of hydrogen-bond donors (Lipinski definition) is 0. The van der Waals surface area contributed by atoms with Crippen LogP contribution < -0.4 is 4.90 Å². The Hall–Kier alpha value is -1.58. The van der Waals surface area contributed by atoms with Crippen LogP contribution >= 0.6 is 0 Å². The molecule has 64 valence electrons. The number of carbonyl (C=O) groups is 2. The molecule has 1 aromatic heterocycles. The van der Waals surface area contributed by atoms with Gasteiger partial charge in [0.1, 0.15) is 0 Å². The van der Waals surface area contributed by atoms with Crippen molar-refractivity contribution in [1.29, 1.82) is 0 Å². The van der Waals surface area contributed by atoms with Crippen molar-refractivity contribution in [2.24, 2.45) is 0 Å². The molecule has 0 aromatic carbocycles. The van der Waals surface area contributed by atoms with Gasteiger partial charge < -0.3 is 9.32 Å². The van der Waals surface area contributed by atoms with Crippen LogP contribution in [-0.4, -0.2) is 26.7 Å². The van der Waals surface area contributed by atoms with Crippen molar-refractivity contribution >= 4 is 18.5 Å². The lowest BCUT2D eigenvalue weighted by Crippen LogP contribution is -2.09. The number of hydrogen-bond acceptors (Lipinski definition) is 4. The van der Waals surface area contributed by atoms with Gasteiger partial charge in [-0.25, -0.2) is 0 Å². The van der Waals surface area contributed by atoms with Gasteiger partial charge >= 0.3 is 0 Å². The van der Waals surface area contributed by atoms with E-state index in [0.29, 0.717) is 24.0 Å². The number of aldehydes is 2. The van der Waals surface area contributed by atoms with Gasteiger partial charge in [0.2, 0.25) is 5.88 Å². The molecular weight excluding hydrogens is 158 g/mol. The summed E-state index contributed by atoms with van der Waals surface area (Å²) in [6.45, 7) is 0. The summed E-state index contributed by atoms with van der Waals surface area (Å²) in [4.78, 5) is 22.4. The number of anilines is 1. The second kappa shape index (κ2) is 3.21. The van der Waals surface area contributed by atoms with E-state index in [1.807, 2.05) is 0 Å². The fraction of sp³-hybridized carbons (Fsp3) is 0.250. The predicted octanol–water partition coefficient (Wildman–Crippen LogP) is 0.971. The fourth-order valence-electron chi connectivity index (χ4n) is 0.907. The molecule has 4 nitrogen and oxygen atoms in total. The van der Waals surface area contributed by atoms with Crippen molar-refractivity contribution in [3.8, 4) is 0 Å². The number of carbonyl (C=O) groups excluding carboxylic acids is 2. The van der Waals surface area contributed by atoms with Crippen LogP contribution in [-0.2, 0) is 0 Å². The molecule has 0 amide bonds. The van der Waals surface area contributed by atoms with E-state index < -0.39 is 0 Å². The number of furan rings is 1. The highest BCUT2D eigenvalue weighted by molar-refractivity contribution is 5.86. The lowest BCUT2D eigenvalue weighted by molar-refractivity contribution is 0.109. The maximum atomic E-state index is 10.5. The largest absolute Gasteiger partial charge is 0.437 e. The van der Waals surface area contributed by atoms with E-state index in [0.717, 1.165) is 0 Å². The molecule has 0 radical (unpaired) electrons. The summed E-state index contributed by atoms with van der Waals surface area (Å²) < 4.78 is 5.04. The van der Waals surface area contributed by atoms with Gasteiger partial charge in [0.25, 0.3) is 0 Å². The van der Waals surface area contributed by atoms with E-state index in [1.165, 1.54) is 6.07 Å². The molecule has 0 spiro atoms. The molecule has 1 rings (SSSR count). The summed E-state index contributed by atoms with van der Waals surface area (Å²) in [7, 11) is 3.47. The zero-order valence-electron chi connectivity index (χ0n) is 6.90. The molecule has 0 aliphatic rings. The summed E-state index contributed by atoms with van der Waals surface area (Å²) in [5, 5.41) is 0. The monoisotopic (exact) mass is 167 g/mol. The van der Waals surface area contributed by atoms with Crippen LogP contribution in [0.3, 0.4) is 0 Å². The normalized spacial score (nSPS) is 9.50. The Morgan fingerprint density at radius 2 is 2.00 bits per heavy atom. The topological polar surface area (TPSA) is 50.5 Å². The molecule has 0 fully saturated rings. The van der Waals surface area contributed by atoms with Crippen molar-refractivity contribution < 1.29 is 14.0 Å². The highest BCUT2D eigenvalue weighted by Crippen LogP contribution is 2.20. The van der Waals surface area contributed by atoms with E-state index >= 15 is 0 Å². The van der Waals surface area contributed by atoms with Crippen LogP contribution in [0.15, 0.2) is 10.5 Å². The highest BCUT2D eigenvalue weighted by atomic mass is 16.4. The minimum Gasteiger partial charge on any atom is -0.437 e. The zero-order chi connectivity index (χ0) is 9.14. The zero-order valence-corrected chi connectivity index (χ0v) is 6.90. The molecule has 12 heavy (non-hydrogen) atoms. The van der Waals surface area contributed by atoms with Crippen LogP contribution in [0.2, 0.25) is 0 Å². The Morgan fingerprint density at radius 3 is 2.33 bits per heavy atom. The van der Waals surface area contributed by atoms with Crippen molar-refractivity contribution in [1.82, 2.24) is 0 Å². The van der Waals surface area contributed by atoms with Crippen LogP contribution in [0.1, 0.15) is 20.9 Å². The molecule has 0 aliphatic heterocycles. The molecule has 0 aliphatic carbocycles.